The minimum atomic E-state index is -0.814. The average molecular weight is 253 g/mol. The molecule has 2 rings (SSSR count). The maximum atomic E-state index is 14.2. The molecule has 18 heavy (non-hydrogen) atoms. The summed E-state index contributed by atoms with van der Waals surface area (Å²) in [5.74, 6) is 0. The van der Waals surface area contributed by atoms with Crippen LogP contribution in [-0.4, -0.2) is 28.5 Å². The van der Waals surface area contributed by atoms with Crippen LogP contribution in [0.1, 0.15) is 51.3 Å². The molecule has 0 aromatic carbocycles. The van der Waals surface area contributed by atoms with Crippen molar-refractivity contribution in [1.82, 2.24) is 15.1 Å². The van der Waals surface area contributed by atoms with Gasteiger partial charge in [0.1, 0.15) is 6.17 Å². The van der Waals surface area contributed by atoms with Gasteiger partial charge in [0.2, 0.25) is 0 Å². The highest BCUT2D eigenvalue weighted by atomic mass is 19.1. The molecule has 102 valence electrons. The van der Waals surface area contributed by atoms with E-state index in [0.717, 1.165) is 31.5 Å². The Morgan fingerprint density at radius 2 is 2.39 bits per heavy atom. The van der Waals surface area contributed by atoms with E-state index in [1.807, 2.05) is 16.9 Å². The van der Waals surface area contributed by atoms with Crippen molar-refractivity contribution in [3.63, 3.8) is 0 Å². The number of hydrogen-bond acceptors (Lipinski definition) is 2. The standard InChI is InChI=1S/C14H24FN3/c1-3-11(2)18-9-7-12(17-18)10-13(15)14-6-4-5-8-16-14/h7,9,11,13-14,16H,3-6,8,10H2,1-2H3. The van der Waals surface area contributed by atoms with Gasteiger partial charge in [-0.3, -0.25) is 4.68 Å². The van der Waals surface area contributed by atoms with E-state index in [1.54, 1.807) is 0 Å². The Morgan fingerprint density at radius 3 is 3.06 bits per heavy atom. The van der Waals surface area contributed by atoms with E-state index in [9.17, 15) is 4.39 Å². The Morgan fingerprint density at radius 1 is 1.56 bits per heavy atom. The monoisotopic (exact) mass is 253 g/mol. The number of hydrogen-bond donors (Lipinski definition) is 1. The maximum absolute atomic E-state index is 14.2. The van der Waals surface area contributed by atoms with E-state index < -0.39 is 6.17 Å². The van der Waals surface area contributed by atoms with Gasteiger partial charge in [0.15, 0.2) is 0 Å². The van der Waals surface area contributed by atoms with Gasteiger partial charge in [0, 0.05) is 24.7 Å². The molecular formula is C14H24FN3. The summed E-state index contributed by atoms with van der Waals surface area (Å²) in [7, 11) is 0. The smallest absolute Gasteiger partial charge is 0.121 e. The van der Waals surface area contributed by atoms with Gasteiger partial charge in [-0.25, -0.2) is 4.39 Å². The lowest BCUT2D eigenvalue weighted by molar-refractivity contribution is 0.215. The van der Waals surface area contributed by atoms with Gasteiger partial charge in [-0.15, -0.1) is 0 Å². The molecule has 1 N–H and O–H groups in total. The van der Waals surface area contributed by atoms with Crippen LogP contribution in [-0.2, 0) is 6.42 Å². The van der Waals surface area contributed by atoms with Crippen LogP contribution in [0.5, 0.6) is 0 Å². The molecule has 3 nitrogen and oxygen atoms in total. The van der Waals surface area contributed by atoms with Gasteiger partial charge in [-0.2, -0.15) is 5.10 Å². The van der Waals surface area contributed by atoms with Gasteiger partial charge < -0.3 is 5.32 Å². The summed E-state index contributed by atoms with van der Waals surface area (Å²) < 4.78 is 16.1. The second kappa shape index (κ2) is 6.32. The zero-order chi connectivity index (χ0) is 13.0. The van der Waals surface area contributed by atoms with Crippen molar-refractivity contribution in [2.45, 2.75) is 64.2 Å². The molecule has 1 aliphatic rings. The molecular weight excluding hydrogens is 229 g/mol. The van der Waals surface area contributed by atoms with E-state index in [4.69, 9.17) is 0 Å². The molecule has 0 aliphatic carbocycles. The highest BCUT2D eigenvalue weighted by molar-refractivity contribution is 5.03. The first kappa shape index (κ1) is 13.5. The predicted molar refractivity (Wildman–Crippen MR) is 71.5 cm³/mol. The molecule has 0 radical (unpaired) electrons. The fraction of sp³-hybridized carbons (Fsp3) is 0.786. The second-order valence-electron chi connectivity index (χ2n) is 5.32. The molecule has 0 bridgehead atoms. The highest BCUT2D eigenvalue weighted by Crippen LogP contribution is 2.17. The van der Waals surface area contributed by atoms with Crippen LogP contribution in [0.2, 0.25) is 0 Å². The lowest BCUT2D eigenvalue weighted by Gasteiger charge is -2.26. The van der Waals surface area contributed by atoms with Gasteiger partial charge in [-0.1, -0.05) is 13.3 Å². The van der Waals surface area contributed by atoms with Crippen LogP contribution in [0.4, 0.5) is 4.39 Å². The van der Waals surface area contributed by atoms with Crippen molar-refractivity contribution in [2.24, 2.45) is 0 Å². The van der Waals surface area contributed by atoms with Crippen molar-refractivity contribution in [3.05, 3.63) is 18.0 Å². The molecule has 0 amide bonds. The van der Waals surface area contributed by atoms with Crippen LogP contribution >= 0.6 is 0 Å². The lowest BCUT2D eigenvalue weighted by atomic mass is 9.98. The third-order valence-electron chi connectivity index (χ3n) is 3.90. The number of alkyl halides is 1. The fourth-order valence-corrected chi connectivity index (χ4v) is 2.45. The summed E-state index contributed by atoms with van der Waals surface area (Å²) in [5, 5.41) is 7.73. The van der Waals surface area contributed by atoms with Crippen molar-refractivity contribution >= 4 is 0 Å². The molecule has 2 heterocycles. The minimum absolute atomic E-state index is 0.0208. The van der Waals surface area contributed by atoms with Crippen LogP contribution in [0.25, 0.3) is 0 Å². The Kier molecular flexibility index (Phi) is 4.75. The maximum Gasteiger partial charge on any atom is 0.121 e. The minimum Gasteiger partial charge on any atom is -0.311 e. The van der Waals surface area contributed by atoms with Gasteiger partial charge in [-0.05, 0) is 38.8 Å². The number of piperidine rings is 1. The summed E-state index contributed by atoms with van der Waals surface area (Å²) in [6.45, 7) is 5.22. The summed E-state index contributed by atoms with van der Waals surface area (Å²) in [6, 6.07) is 2.36. The van der Waals surface area contributed by atoms with E-state index in [2.05, 4.69) is 24.3 Å². The first-order valence-electron chi connectivity index (χ1n) is 7.12. The molecule has 0 spiro atoms. The molecule has 1 aliphatic heterocycles. The first-order chi connectivity index (χ1) is 8.70. The Bertz CT molecular complexity index is 358. The SMILES string of the molecule is CCC(C)n1ccc(CC(F)C2CCCCN2)n1. The molecule has 1 aromatic heterocycles. The molecule has 0 saturated carbocycles. The van der Waals surface area contributed by atoms with Crippen LogP contribution in [0.15, 0.2) is 12.3 Å². The van der Waals surface area contributed by atoms with Crippen LogP contribution < -0.4 is 5.32 Å². The molecule has 1 fully saturated rings. The fourth-order valence-electron chi connectivity index (χ4n) is 2.45. The zero-order valence-corrected chi connectivity index (χ0v) is 11.4. The number of halogens is 1. The number of nitrogens with one attached hydrogen (secondary N) is 1. The van der Waals surface area contributed by atoms with Crippen LogP contribution in [0.3, 0.4) is 0 Å². The molecule has 3 unspecified atom stereocenters. The Labute approximate surface area is 109 Å². The third-order valence-corrected chi connectivity index (χ3v) is 3.90. The van der Waals surface area contributed by atoms with Crippen molar-refractivity contribution < 1.29 is 4.39 Å². The molecule has 3 atom stereocenters. The zero-order valence-electron chi connectivity index (χ0n) is 11.4. The first-order valence-corrected chi connectivity index (χ1v) is 7.12. The second-order valence-corrected chi connectivity index (χ2v) is 5.32. The summed E-state index contributed by atoms with van der Waals surface area (Å²) in [5.41, 5.74) is 0.871. The normalized spacial score (nSPS) is 23.8. The van der Waals surface area contributed by atoms with E-state index in [0.29, 0.717) is 12.5 Å². The van der Waals surface area contributed by atoms with Gasteiger partial charge in [0.25, 0.3) is 0 Å². The topological polar surface area (TPSA) is 29.9 Å². The van der Waals surface area contributed by atoms with E-state index in [-0.39, 0.29) is 6.04 Å². The van der Waals surface area contributed by atoms with Crippen LogP contribution in [0, 0.1) is 0 Å². The predicted octanol–water partition coefficient (Wildman–Crippen LogP) is 2.88. The molecule has 4 heteroatoms. The number of nitrogens with zero attached hydrogens (tertiary/aromatic N) is 2. The van der Waals surface area contributed by atoms with E-state index >= 15 is 0 Å². The quantitative estimate of drug-likeness (QED) is 0.874. The average Bonchev–Trinajstić information content (AvgIpc) is 2.87. The van der Waals surface area contributed by atoms with Crippen molar-refractivity contribution in [3.8, 4) is 0 Å². The lowest BCUT2D eigenvalue weighted by Crippen LogP contribution is -2.42. The van der Waals surface area contributed by atoms with Gasteiger partial charge >= 0.3 is 0 Å². The molecule has 1 saturated heterocycles. The number of aromatic nitrogens is 2. The summed E-state index contributed by atoms with van der Waals surface area (Å²) in [4.78, 5) is 0. The van der Waals surface area contributed by atoms with Crippen molar-refractivity contribution in [1.29, 1.82) is 0 Å². The molecule has 1 aromatic rings. The third kappa shape index (κ3) is 3.31. The Balaban J connectivity index is 1.90. The van der Waals surface area contributed by atoms with E-state index in [1.165, 1.54) is 6.42 Å². The van der Waals surface area contributed by atoms with Crippen molar-refractivity contribution in [2.75, 3.05) is 6.54 Å². The summed E-state index contributed by atoms with van der Waals surface area (Å²) >= 11 is 0. The highest BCUT2D eigenvalue weighted by Gasteiger charge is 2.23. The Hall–Kier alpha value is -0.900. The largest absolute Gasteiger partial charge is 0.311 e. The van der Waals surface area contributed by atoms with Gasteiger partial charge in [0.05, 0.1) is 5.69 Å². The number of rotatable bonds is 5. The summed E-state index contributed by atoms with van der Waals surface area (Å²) in [6.07, 6.45) is 5.89.